The molecule has 1 saturated carbocycles. The van der Waals surface area contributed by atoms with Crippen LogP contribution in [0.2, 0.25) is 0 Å². The molecular formula is C15H18N2O7S. The van der Waals surface area contributed by atoms with Crippen molar-refractivity contribution < 1.29 is 32.1 Å². The van der Waals surface area contributed by atoms with Crippen LogP contribution in [0.5, 0.6) is 0 Å². The second-order valence-electron chi connectivity index (χ2n) is 6.57. The van der Waals surface area contributed by atoms with Gasteiger partial charge in [-0.15, -0.1) is 0 Å². The first-order valence-corrected chi connectivity index (χ1v) is 9.53. The van der Waals surface area contributed by atoms with E-state index in [1.165, 1.54) is 0 Å². The van der Waals surface area contributed by atoms with Crippen molar-refractivity contribution in [3.8, 4) is 0 Å². The van der Waals surface area contributed by atoms with Crippen molar-refractivity contribution in [1.82, 2.24) is 9.80 Å². The zero-order chi connectivity index (χ0) is 18.4. The molecule has 10 heteroatoms. The van der Waals surface area contributed by atoms with Crippen molar-refractivity contribution in [3.63, 3.8) is 0 Å². The Balaban J connectivity index is 2.10. The molecule has 2 heterocycles. The molecule has 0 bridgehead atoms. The van der Waals surface area contributed by atoms with Gasteiger partial charge < -0.3 is 0 Å². The first-order valence-electron chi connectivity index (χ1n) is 8.02. The molecule has 2 unspecified atom stereocenters. The van der Waals surface area contributed by atoms with Crippen LogP contribution in [0.4, 0.5) is 0 Å². The number of amides is 4. The lowest BCUT2D eigenvalue weighted by Crippen LogP contribution is -2.67. The molecule has 0 radical (unpaired) electrons. The molecular weight excluding hydrogens is 352 g/mol. The van der Waals surface area contributed by atoms with Gasteiger partial charge in [-0.3, -0.25) is 33.5 Å². The first kappa shape index (κ1) is 17.7. The van der Waals surface area contributed by atoms with Crippen LogP contribution in [0.1, 0.15) is 38.5 Å². The number of hydrogen-bond donors (Lipinski definition) is 1. The van der Waals surface area contributed by atoms with E-state index in [2.05, 4.69) is 0 Å². The maximum atomic E-state index is 12.3. The summed E-state index contributed by atoms with van der Waals surface area (Å²) in [7, 11) is -4.61. The minimum absolute atomic E-state index is 0.0412. The van der Waals surface area contributed by atoms with Crippen molar-refractivity contribution >= 4 is 33.7 Å². The highest BCUT2D eigenvalue weighted by atomic mass is 32.2. The Labute approximate surface area is 144 Å². The first-order chi connectivity index (χ1) is 11.7. The van der Waals surface area contributed by atoms with E-state index in [-0.39, 0.29) is 25.7 Å². The minimum Gasteiger partial charge on any atom is -0.285 e. The van der Waals surface area contributed by atoms with E-state index in [4.69, 9.17) is 0 Å². The Kier molecular flexibility index (Phi) is 4.28. The van der Waals surface area contributed by atoms with Crippen molar-refractivity contribution in [2.75, 3.05) is 6.54 Å². The lowest BCUT2D eigenvalue weighted by atomic mass is 9.79. The van der Waals surface area contributed by atoms with Crippen molar-refractivity contribution in [2.24, 2.45) is 0 Å². The summed E-state index contributed by atoms with van der Waals surface area (Å²) in [5, 5.41) is -1.43. The largest absolute Gasteiger partial charge is 0.285 e. The molecule has 2 aliphatic heterocycles. The Morgan fingerprint density at radius 1 is 1.04 bits per heavy atom. The maximum absolute atomic E-state index is 12.3. The Morgan fingerprint density at radius 3 is 2.12 bits per heavy atom. The van der Waals surface area contributed by atoms with Gasteiger partial charge in [0.1, 0.15) is 5.25 Å². The zero-order valence-electron chi connectivity index (χ0n) is 13.4. The smallest absolute Gasteiger partial charge is 0.270 e. The Morgan fingerprint density at radius 2 is 1.60 bits per heavy atom. The van der Waals surface area contributed by atoms with Gasteiger partial charge in [-0.25, -0.2) is 0 Å². The topological polar surface area (TPSA) is 129 Å². The van der Waals surface area contributed by atoms with Crippen LogP contribution >= 0.6 is 0 Å². The maximum Gasteiger partial charge on any atom is 0.270 e. The summed E-state index contributed by atoms with van der Waals surface area (Å²) >= 11 is 0. The van der Waals surface area contributed by atoms with E-state index in [9.17, 15) is 32.1 Å². The monoisotopic (exact) mass is 370 g/mol. The second-order valence-corrected chi connectivity index (χ2v) is 8.17. The molecule has 136 valence electrons. The molecule has 0 spiro atoms. The number of hydrogen-bond acceptors (Lipinski definition) is 6. The average Bonchev–Trinajstić information content (AvgIpc) is 3.03. The Hall–Kier alpha value is -2.07. The zero-order valence-corrected chi connectivity index (χ0v) is 14.2. The number of imide groups is 2. The quantitative estimate of drug-likeness (QED) is 0.528. The number of likely N-dealkylation sites (tertiary alicyclic amines) is 1. The third-order valence-electron chi connectivity index (χ3n) is 5.11. The standard InChI is InChI=1S/C15H18N2O7S/c18-11-4-5-12(19)16(11)9-15(17-13(20)6-7-14(17)21)8-2-1-3-10(15)25(22,23)24/h4-5,10H,1-3,6-9H2,(H,22,23,24). The van der Waals surface area contributed by atoms with E-state index in [0.29, 0.717) is 12.8 Å². The fourth-order valence-corrected chi connectivity index (χ4v) is 5.37. The molecule has 25 heavy (non-hydrogen) atoms. The van der Waals surface area contributed by atoms with Crippen LogP contribution in [0, 0.1) is 0 Å². The number of rotatable bonds is 4. The number of carbonyl (C=O) groups excluding carboxylic acids is 4. The van der Waals surface area contributed by atoms with E-state index in [1.807, 2.05) is 0 Å². The highest BCUT2D eigenvalue weighted by molar-refractivity contribution is 7.86. The molecule has 2 fully saturated rings. The Bertz CT molecular complexity index is 750. The molecule has 2 atom stereocenters. The number of nitrogens with zero attached hydrogens (tertiary/aromatic N) is 2. The molecule has 3 aliphatic rings. The van der Waals surface area contributed by atoms with E-state index < -0.39 is 51.1 Å². The minimum atomic E-state index is -4.61. The third-order valence-corrected chi connectivity index (χ3v) is 6.51. The molecule has 4 amide bonds. The molecule has 0 aromatic rings. The molecule has 0 aromatic heterocycles. The van der Waals surface area contributed by atoms with E-state index in [1.54, 1.807) is 0 Å². The molecule has 0 aromatic carbocycles. The normalized spacial score (nSPS) is 30.7. The van der Waals surface area contributed by atoms with Crippen molar-refractivity contribution in [1.29, 1.82) is 0 Å². The SMILES string of the molecule is O=C1C=CC(=O)N1CC1(N2C(=O)CCC2=O)CCCCC1S(=O)(=O)O. The highest BCUT2D eigenvalue weighted by Crippen LogP contribution is 2.41. The molecule has 1 aliphatic carbocycles. The van der Waals surface area contributed by atoms with Crippen molar-refractivity contribution in [3.05, 3.63) is 12.2 Å². The summed E-state index contributed by atoms with van der Waals surface area (Å²) < 4.78 is 33.8. The van der Waals surface area contributed by atoms with Gasteiger partial charge in [0.15, 0.2) is 0 Å². The fraction of sp³-hybridized carbons (Fsp3) is 0.600. The van der Waals surface area contributed by atoms with Gasteiger partial charge in [0, 0.05) is 25.0 Å². The van der Waals surface area contributed by atoms with Crippen LogP contribution in [0.3, 0.4) is 0 Å². The molecule has 3 rings (SSSR count). The van der Waals surface area contributed by atoms with Crippen LogP contribution in [-0.4, -0.2) is 63.7 Å². The predicted octanol–water partition coefficient (Wildman–Crippen LogP) is -0.370. The van der Waals surface area contributed by atoms with Crippen LogP contribution < -0.4 is 0 Å². The van der Waals surface area contributed by atoms with E-state index >= 15 is 0 Å². The summed E-state index contributed by atoms with van der Waals surface area (Å²) in [5.74, 6) is -2.37. The highest BCUT2D eigenvalue weighted by Gasteiger charge is 2.57. The second kappa shape index (κ2) is 6.03. The summed E-state index contributed by atoms with van der Waals surface area (Å²) in [6.07, 6.45) is 3.13. The van der Waals surface area contributed by atoms with Gasteiger partial charge in [-0.05, 0) is 12.8 Å². The van der Waals surface area contributed by atoms with Crippen LogP contribution in [-0.2, 0) is 29.3 Å². The lowest BCUT2D eigenvalue weighted by molar-refractivity contribution is -0.153. The van der Waals surface area contributed by atoms with Gasteiger partial charge in [0.2, 0.25) is 11.8 Å². The van der Waals surface area contributed by atoms with Crippen LogP contribution in [0.15, 0.2) is 12.2 Å². The average molecular weight is 370 g/mol. The predicted molar refractivity (Wildman–Crippen MR) is 83.5 cm³/mol. The summed E-state index contributed by atoms with van der Waals surface area (Å²) in [4.78, 5) is 50.3. The molecule has 1 N–H and O–H groups in total. The fourth-order valence-electron chi connectivity index (χ4n) is 4.06. The molecule has 9 nitrogen and oxygen atoms in total. The van der Waals surface area contributed by atoms with E-state index in [0.717, 1.165) is 22.0 Å². The molecule has 1 saturated heterocycles. The van der Waals surface area contributed by atoms with Gasteiger partial charge >= 0.3 is 0 Å². The lowest BCUT2D eigenvalue weighted by Gasteiger charge is -2.48. The van der Waals surface area contributed by atoms with Gasteiger partial charge in [-0.1, -0.05) is 12.8 Å². The third kappa shape index (κ3) is 2.89. The van der Waals surface area contributed by atoms with Crippen molar-refractivity contribution in [2.45, 2.75) is 49.3 Å². The summed E-state index contributed by atoms with van der Waals surface area (Å²) in [5.41, 5.74) is -1.63. The van der Waals surface area contributed by atoms with Gasteiger partial charge in [0.25, 0.3) is 21.9 Å². The number of carbonyl (C=O) groups is 4. The summed E-state index contributed by atoms with van der Waals surface area (Å²) in [6, 6.07) is 0. The summed E-state index contributed by atoms with van der Waals surface area (Å²) in [6.45, 7) is -0.431. The van der Waals surface area contributed by atoms with Crippen LogP contribution in [0.25, 0.3) is 0 Å². The van der Waals surface area contributed by atoms with Gasteiger partial charge in [-0.2, -0.15) is 8.42 Å². The van der Waals surface area contributed by atoms with Gasteiger partial charge in [0.05, 0.1) is 12.1 Å².